The molecular weight excluding hydrogens is 222 g/mol. The molecule has 1 aliphatic rings. The fourth-order valence-electron chi connectivity index (χ4n) is 1.70. The van der Waals surface area contributed by atoms with Gasteiger partial charge in [-0.3, -0.25) is 0 Å². The van der Waals surface area contributed by atoms with Crippen molar-refractivity contribution in [2.24, 2.45) is 5.73 Å². The van der Waals surface area contributed by atoms with E-state index in [4.69, 9.17) is 10.5 Å². The topological polar surface area (TPSA) is 51.4 Å². The molecule has 0 saturated carbocycles. The number of thiazole rings is 1. The predicted molar refractivity (Wildman–Crippen MR) is 67.1 cm³/mol. The van der Waals surface area contributed by atoms with E-state index < -0.39 is 0 Å². The Morgan fingerprint density at radius 2 is 2.31 bits per heavy atom. The molecule has 1 aromatic rings. The van der Waals surface area contributed by atoms with Gasteiger partial charge in [-0.25, -0.2) is 4.98 Å². The van der Waals surface area contributed by atoms with Gasteiger partial charge in [-0.15, -0.1) is 11.3 Å². The van der Waals surface area contributed by atoms with E-state index in [9.17, 15) is 0 Å². The van der Waals surface area contributed by atoms with Crippen molar-refractivity contribution in [1.82, 2.24) is 4.98 Å². The Morgan fingerprint density at radius 1 is 1.56 bits per heavy atom. The summed E-state index contributed by atoms with van der Waals surface area (Å²) in [5.41, 5.74) is 5.94. The van der Waals surface area contributed by atoms with E-state index in [-0.39, 0.29) is 6.04 Å². The van der Waals surface area contributed by atoms with Gasteiger partial charge in [0.25, 0.3) is 0 Å². The lowest BCUT2D eigenvalue weighted by Gasteiger charge is -2.26. The minimum Gasteiger partial charge on any atom is -0.378 e. The van der Waals surface area contributed by atoms with E-state index >= 15 is 0 Å². The molecule has 2 heterocycles. The molecule has 4 nitrogen and oxygen atoms in total. The number of rotatable bonds is 4. The molecule has 16 heavy (non-hydrogen) atoms. The van der Waals surface area contributed by atoms with Gasteiger partial charge >= 0.3 is 0 Å². The molecular formula is C11H19N3OS. The number of morpholine rings is 1. The van der Waals surface area contributed by atoms with Crippen molar-refractivity contribution >= 4 is 16.5 Å². The fraction of sp³-hybridized carbons (Fsp3) is 0.727. The summed E-state index contributed by atoms with van der Waals surface area (Å²) < 4.78 is 5.33. The van der Waals surface area contributed by atoms with Crippen LogP contribution < -0.4 is 10.6 Å². The summed E-state index contributed by atoms with van der Waals surface area (Å²) in [7, 11) is 0. The first-order valence-corrected chi connectivity index (χ1v) is 6.64. The van der Waals surface area contributed by atoms with Gasteiger partial charge in [0.15, 0.2) is 5.13 Å². The molecule has 90 valence electrons. The minimum atomic E-state index is 0.262. The summed E-state index contributed by atoms with van der Waals surface area (Å²) in [6, 6.07) is 0.262. The lowest BCUT2D eigenvalue weighted by atomic mass is 10.1. The van der Waals surface area contributed by atoms with Crippen LogP contribution in [-0.2, 0) is 11.2 Å². The van der Waals surface area contributed by atoms with Gasteiger partial charge in [-0.1, -0.05) is 6.92 Å². The molecule has 2 N–H and O–H groups in total. The van der Waals surface area contributed by atoms with Crippen LogP contribution in [0.5, 0.6) is 0 Å². The van der Waals surface area contributed by atoms with E-state index in [1.165, 1.54) is 4.88 Å². The van der Waals surface area contributed by atoms with Gasteiger partial charge in [-0.05, 0) is 12.8 Å². The molecule has 0 aromatic carbocycles. The quantitative estimate of drug-likeness (QED) is 0.862. The van der Waals surface area contributed by atoms with E-state index in [2.05, 4.69) is 16.8 Å². The Balaban J connectivity index is 1.95. The first-order chi connectivity index (χ1) is 7.79. The number of nitrogens with zero attached hydrogens (tertiary/aromatic N) is 2. The molecule has 1 fully saturated rings. The van der Waals surface area contributed by atoms with Gasteiger partial charge in [0.05, 0.1) is 13.2 Å². The summed E-state index contributed by atoms with van der Waals surface area (Å²) in [4.78, 5) is 8.04. The Kier molecular flexibility index (Phi) is 4.15. The highest BCUT2D eigenvalue weighted by Gasteiger charge is 2.15. The average molecular weight is 241 g/mol. The third-order valence-electron chi connectivity index (χ3n) is 2.81. The second kappa shape index (κ2) is 5.61. The largest absolute Gasteiger partial charge is 0.378 e. The normalized spacial score (nSPS) is 18.8. The minimum absolute atomic E-state index is 0.262. The predicted octanol–water partition coefficient (Wildman–Crippen LogP) is 1.26. The molecule has 1 aliphatic heterocycles. The second-order valence-corrected chi connectivity index (χ2v) is 5.17. The van der Waals surface area contributed by atoms with Crippen molar-refractivity contribution in [1.29, 1.82) is 0 Å². The molecule has 1 unspecified atom stereocenters. The van der Waals surface area contributed by atoms with E-state index in [1.807, 2.05) is 6.20 Å². The van der Waals surface area contributed by atoms with Crippen molar-refractivity contribution in [2.75, 3.05) is 31.2 Å². The first-order valence-electron chi connectivity index (χ1n) is 5.82. The van der Waals surface area contributed by atoms with Crippen LogP contribution in [0.4, 0.5) is 5.13 Å². The SMILES string of the molecule is CCC(N)Cc1cnc(N2CCOCC2)s1. The third kappa shape index (κ3) is 2.93. The van der Waals surface area contributed by atoms with E-state index in [0.717, 1.165) is 44.3 Å². The van der Waals surface area contributed by atoms with Gasteiger partial charge < -0.3 is 15.4 Å². The molecule has 0 bridgehead atoms. The number of anilines is 1. The highest BCUT2D eigenvalue weighted by atomic mass is 32.1. The fourth-order valence-corrected chi connectivity index (χ4v) is 2.75. The van der Waals surface area contributed by atoms with Crippen LogP contribution in [0.25, 0.3) is 0 Å². The van der Waals surface area contributed by atoms with E-state index in [1.54, 1.807) is 11.3 Å². The zero-order chi connectivity index (χ0) is 11.4. The number of aromatic nitrogens is 1. The summed E-state index contributed by atoms with van der Waals surface area (Å²) in [5, 5.41) is 1.11. The standard InChI is InChI=1S/C11H19N3OS/c1-2-9(12)7-10-8-13-11(16-10)14-3-5-15-6-4-14/h8-9H,2-7,12H2,1H3. The number of hydrogen-bond donors (Lipinski definition) is 1. The summed E-state index contributed by atoms with van der Waals surface area (Å²) in [5.74, 6) is 0. The number of ether oxygens (including phenoxy) is 1. The maximum Gasteiger partial charge on any atom is 0.185 e. The molecule has 1 aromatic heterocycles. The highest BCUT2D eigenvalue weighted by Crippen LogP contribution is 2.24. The molecule has 1 saturated heterocycles. The van der Waals surface area contributed by atoms with Crippen molar-refractivity contribution < 1.29 is 4.74 Å². The molecule has 2 rings (SSSR count). The monoisotopic (exact) mass is 241 g/mol. The van der Waals surface area contributed by atoms with Gasteiger partial charge in [0, 0.05) is 30.2 Å². The molecule has 0 amide bonds. The first kappa shape index (κ1) is 11.8. The average Bonchev–Trinajstić information content (AvgIpc) is 2.78. The van der Waals surface area contributed by atoms with Crippen molar-refractivity contribution in [2.45, 2.75) is 25.8 Å². The van der Waals surface area contributed by atoms with Gasteiger partial charge in [-0.2, -0.15) is 0 Å². The molecule has 0 radical (unpaired) electrons. The third-order valence-corrected chi connectivity index (χ3v) is 3.89. The second-order valence-electron chi connectivity index (χ2n) is 4.08. The molecule has 0 spiro atoms. The Labute approximate surface area is 100 Å². The van der Waals surface area contributed by atoms with Crippen LogP contribution >= 0.6 is 11.3 Å². The molecule has 5 heteroatoms. The zero-order valence-electron chi connectivity index (χ0n) is 9.69. The smallest absolute Gasteiger partial charge is 0.185 e. The van der Waals surface area contributed by atoms with Crippen LogP contribution in [0.1, 0.15) is 18.2 Å². The van der Waals surface area contributed by atoms with Crippen LogP contribution in [0.2, 0.25) is 0 Å². The van der Waals surface area contributed by atoms with Crippen molar-refractivity contribution in [3.63, 3.8) is 0 Å². The number of hydrogen-bond acceptors (Lipinski definition) is 5. The summed E-state index contributed by atoms with van der Waals surface area (Å²) in [6.45, 7) is 5.64. The molecule has 0 aliphatic carbocycles. The van der Waals surface area contributed by atoms with Crippen LogP contribution in [0.3, 0.4) is 0 Å². The maximum atomic E-state index is 5.94. The van der Waals surface area contributed by atoms with Crippen LogP contribution in [-0.4, -0.2) is 37.3 Å². The van der Waals surface area contributed by atoms with E-state index in [0.29, 0.717) is 0 Å². The summed E-state index contributed by atoms with van der Waals surface area (Å²) >= 11 is 1.76. The van der Waals surface area contributed by atoms with Crippen molar-refractivity contribution in [3.8, 4) is 0 Å². The van der Waals surface area contributed by atoms with Crippen LogP contribution in [0, 0.1) is 0 Å². The lowest BCUT2D eigenvalue weighted by Crippen LogP contribution is -2.36. The van der Waals surface area contributed by atoms with Crippen LogP contribution in [0.15, 0.2) is 6.20 Å². The Hall–Kier alpha value is -0.650. The Bertz CT molecular complexity index is 323. The van der Waals surface area contributed by atoms with Gasteiger partial charge in [0.1, 0.15) is 0 Å². The number of nitrogens with two attached hydrogens (primary N) is 1. The maximum absolute atomic E-state index is 5.94. The van der Waals surface area contributed by atoms with Gasteiger partial charge in [0.2, 0.25) is 0 Å². The lowest BCUT2D eigenvalue weighted by molar-refractivity contribution is 0.122. The highest BCUT2D eigenvalue weighted by molar-refractivity contribution is 7.15. The molecule has 1 atom stereocenters. The summed E-state index contributed by atoms with van der Waals surface area (Å²) in [6.07, 6.45) is 3.92. The van der Waals surface area contributed by atoms with Crippen molar-refractivity contribution in [3.05, 3.63) is 11.1 Å². The zero-order valence-corrected chi connectivity index (χ0v) is 10.5. The Morgan fingerprint density at radius 3 is 3.00 bits per heavy atom.